The molecule has 4 nitrogen and oxygen atoms in total. The molecular formula is C9H18N2O2. The van der Waals surface area contributed by atoms with Gasteiger partial charge in [0.1, 0.15) is 5.76 Å². The molecule has 0 saturated carbocycles. The van der Waals surface area contributed by atoms with Gasteiger partial charge in [0.2, 0.25) is 0 Å². The van der Waals surface area contributed by atoms with Crippen LogP contribution in [0.4, 0.5) is 0 Å². The molecule has 0 spiro atoms. The van der Waals surface area contributed by atoms with E-state index in [0.717, 1.165) is 31.8 Å². The lowest BCUT2D eigenvalue weighted by atomic mass is 10.2. The molecule has 0 saturated heterocycles. The molecule has 1 atom stereocenters. The van der Waals surface area contributed by atoms with Crippen molar-refractivity contribution in [2.45, 2.75) is 25.8 Å². The second-order valence-electron chi connectivity index (χ2n) is 2.95. The van der Waals surface area contributed by atoms with Gasteiger partial charge in [-0.05, 0) is 19.4 Å². The molecular weight excluding hydrogens is 168 g/mol. The highest BCUT2D eigenvalue weighted by atomic mass is 16.5. The van der Waals surface area contributed by atoms with Gasteiger partial charge in [-0.2, -0.15) is 0 Å². The Bertz CT molecular complexity index is 171. The molecule has 1 unspecified atom stereocenters. The summed E-state index contributed by atoms with van der Waals surface area (Å²) >= 11 is 0. The lowest BCUT2D eigenvalue weighted by molar-refractivity contribution is 0.128. The van der Waals surface area contributed by atoms with Crippen LogP contribution in [0.15, 0.2) is 11.8 Å². The van der Waals surface area contributed by atoms with Crippen LogP contribution in [0.1, 0.15) is 19.8 Å². The van der Waals surface area contributed by atoms with Crippen LogP contribution in [0.2, 0.25) is 0 Å². The Kier molecular flexibility index (Phi) is 4.82. The van der Waals surface area contributed by atoms with Crippen LogP contribution in [0.5, 0.6) is 0 Å². The molecule has 0 aromatic heterocycles. The highest BCUT2D eigenvalue weighted by Gasteiger charge is 2.16. The Balaban J connectivity index is 2.25. The third kappa shape index (κ3) is 3.34. The van der Waals surface area contributed by atoms with E-state index in [0.29, 0.717) is 6.61 Å². The van der Waals surface area contributed by atoms with E-state index in [4.69, 9.17) is 15.3 Å². The predicted molar refractivity (Wildman–Crippen MR) is 50.9 cm³/mol. The van der Waals surface area contributed by atoms with Crippen LogP contribution in [-0.4, -0.2) is 25.9 Å². The van der Waals surface area contributed by atoms with Gasteiger partial charge in [-0.1, -0.05) is 0 Å². The van der Waals surface area contributed by atoms with Crippen LogP contribution in [0.25, 0.3) is 0 Å². The first-order chi connectivity index (χ1) is 6.38. The van der Waals surface area contributed by atoms with E-state index in [9.17, 15) is 0 Å². The van der Waals surface area contributed by atoms with Crippen molar-refractivity contribution >= 4 is 0 Å². The topological polar surface area (TPSA) is 56.5 Å². The van der Waals surface area contributed by atoms with Crippen LogP contribution in [-0.2, 0) is 9.47 Å². The summed E-state index contributed by atoms with van der Waals surface area (Å²) in [5, 5.41) is 0. The zero-order chi connectivity index (χ0) is 9.52. The fourth-order valence-electron chi connectivity index (χ4n) is 1.33. The highest BCUT2D eigenvalue weighted by molar-refractivity contribution is 5.06. The Morgan fingerprint density at radius 2 is 2.62 bits per heavy atom. The van der Waals surface area contributed by atoms with E-state index < -0.39 is 0 Å². The van der Waals surface area contributed by atoms with Crippen LogP contribution in [0, 0.1) is 0 Å². The zero-order valence-electron chi connectivity index (χ0n) is 8.08. The maximum absolute atomic E-state index is 5.41. The number of ether oxygens (including phenoxy) is 2. The van der Waals surface area contributed by atoms with Gasteiger partial charge in [0.05, 0.1) is 12.6 Å². The van der Waals surface area contributed by atoms with E-state index in [1.165, 1.54) is 0 Å². The first kappa shape index (κ1) is 10.5. The van der Waals surface area contributed by atoms with Gasteiger partial charge < -0.3 is 9.47 Å². The number of hydrogen-bond acceptors (Lipinski definition) is 4. The molecule has 0 aliphatic carbocycles. The van der Waals surface area contributed by atoms with E-state index in [1.54, 1.807) is 0 Å². The first-order valence-corrected chi connectivity index (χ1v) is 4.75. The van der Waals surface area contributed by atoms with Crippen LogP contribution < -0.4 is 11.3 Å². The number of hydrazine groups is 1. The summed E-state index contributed by atoms with van der Waals surface area (Å²) in [6.45, 7) is 4.22. The van der Waals surface area contributed by atoms with E-state index in [-0.39, 0.29) is 6.04 Å². The van der Waals surface area contributed by atoms with Crippen LogP contribution in [0.3, 0.4) is 0 Å². The summed E-state index contributed by atoms with van der Waals surface area (Å²) in [5.41, 5.74) is 2.73. The molecule has 0 aromatic rings. The van der Waals surface area contributed by atoms with Gasteiger partial charge in [-0.3, -0.25) is 5.84 Å². The summed E-state index contributed by atoms with van der Waals surface area (Å²) in [6.07, 6.45) is 3.93. The van der Waals surface area contributed by atoms with E-state index in [2.05, 4.69) is 11.5 Å². The molecule has 1 heterocycles. The average Bonchev–Trinajstić information content (AvgIpc) is 2.65. The van der Waals surface area contributed by atoms with Crippen molar-refractivity contribution in [2.75, 3.05) is 19.8 Å². The van der Waals surface area contributed by atoms with E-state index >= 15 is 0 Å². The Hall–Kier alpha value is -0.580. The summed E-state index contributed by atoms with van der Waals surface area (Å²) in [6, 6.07) is 0.106. The molecule has 3 N–H and O–H groups in total. The Morgan fingerprint density at radius 3 is 3.15 bits per heavy atom. The second-order valence-corrected chi connectivity index (χ2v) is 2.95. The standard InChI is InChI=1S/C9H18N2O2/c1-2-12-7-5-8(11-10)9-4-3-6-13-9/h4,8,11H,2-3,5-7,10H2,1H3. The van der Waals surface area contributed by atoms with Gasteiger partial charge in [0.25, 0.3) is 0 Å². The summed E-state index contributed by atoms with van der Waals surface area (Å²) in [7, 11) is 0. The van der Waals surface area contributed by atoms with Gasteiger partial charge in [-0.25, -0.2) is 5.43 Å². The molecule has 0 bridgehead atoms. The van der Waals surface area contributed by atoms with Crippen molar-refractivity contribution in [3.8, 4) is 0 Å². The molecule has 1 aliphatic rings. The Morgan fingerprint density at radius 1 is 1.77 bits per heavy atom. The summed E-state index contributed by atoms with van der Waals surface area (Å²) in [4.78, 5) is 0. The largest absolute Gasteiger partial charge is 0.496 e. The van der Waals surface area contributed by atoms with Crippen LogP contribution >= 0.6 is 0 Å². The summed E-state index contributed by atoms with van der Waals surface area (Å²) in [5.74, 6) is 6.37. The van der Waals surface area contributed by atoms with Gasteiger partial charge in [0, 0.05) is 19.6 Å². The molecule has 1 aliphatic heterocycles. The van der Waals surface area contributed by atoms with E-state index in [1.807, 2.05) is 6.92 Å². The SMILES string of the molecule is CCOCCC(NN)C1=CCCO1. The minimum atomic E-state index is 0.106. The molecule has 0 amide bonds. The molecule has 1 rings (SSSR count). The predicted octanol–water partition coefficient (Wildman–Crippen LogP) is 0.549. The lowest BCUT2D eigenvalue weighted by Gasteiger charge is -2.16. The molecule has 13 heavy (non-hydrogen) atoms. The molecule has 0 fully saturated rings. The van der Waals surface area contributed by atoms with Crippen molar-refractivity contribution in [2.24, 2.45) is 5.84 Å². The second kappa shape index (κ2) is 5.96. The maximum atomic E-state index is 5.41. The van der Waals surface area contributed by atoms with Crippen molar-refractivity contribution in [1.29, 1.82) is 0 Å². The normalized spacial score (nSPS) is 18.2. The number of nitrogens with two attached hydrogens (primary N) is 1. The van der Waals surface area contributed by atoms with Crippen molar-refractivity contribution in [3.63, 3.8) is 0 Å². The van der Waals surface area contributed by atoms with Crippen molar-refractivity contribution in [1.82, 2.24) is 5.43 Å². The Labute approximate surface area is 79.1 Å². The molecule has 0 aromatic carbocycles. The maximum Gasteiger partial charge on any atom is 0.110 e. The van der Waals surface area contributed by atoms with Crippen molar-refractivity contribution in [3.05, 3.63) is 11.8 Å². The smallest absolute Gasteiger partial charge is 0.110 e. The lowest BCUT2D eigenvalue weighted by Crippen LogP contribution is -2.37. The average molecular weight is 186 g/mol. The van der Waals surface area contributed by atoms with Gasteiger partial charge in [0.15, 0.2) is 0 Å². The summed E-state index contributed by atoms with van der Waals surface area (Å²) < 4.78 is 10.6. The third-order valence-electron chi connectivity index (χ3n) is 2.03. The minimum absolute atomic E-state index is 0.106. The number of nitrogens with one attached hydrogen (secondary N) is 1. The molecule has 0 radical (unpaired) electrons. The fraction of sp³-hybridized carbons (Fsp3) is 0.778. The first-order valence-electron chi connectivity index (χ1n) is 4.75. The zero-order valence-corrected chi connectivity index (χ0v) is 8.08. The third-order valence-corrected chi connectivity index (χ3v) is 2.03. The highest BCUT2D eigenvalue weighted by Crippen LogP contribution is 2.15. The minimum Gasteiger partial charge on any atom is -0.496 e. The van der Waals surface area contributed by atoms with Crippen molar-refractivity contribution < 1.29 is 9.47 Å². The number of hydrogen-bond donors (Lipinski definition) is 2. The fourth-order valence-corrected chi connectivity index (χ4v) is 1.33. The van der Waals surface area contributed by atoms with Gasteiger partial charge in [-0.15, -0.1) is 0 Å². The molecule has 76 valence electrons. The molecule has 4 heteroatoms. The monoisotopic (exact) mass is 186 g/mol. The number of rotatable bonds is 6. The quantitative estimate of drug-likeness (QED) is 0.361. The van der Waals surface area contributed by atoms with Gasteiger partial charge >= 0.3 is 0 Å².